The fourth-order valence-corrected chi connectivity index (χ4v) is 1.86. The molecule has 5 heteroatoms. The molecule has 0 aliphatic carbocycles. The fraction of sp³-hybridized carbons (Fsp3) is 0.308. The van der Waals surface area contributed by atoms with E-state index in [0.29, 0.717) is 10.2 Å². The molecule has 0 bridgehead atoms. The summed E-state index contributed by atoms with van der Waals surface area (Å²) in [5, 5.41) is 0. The topological polar surface area (TPSA) is 41.6 Å². The molecule has 0 aromatic carbocycles. The average Bonchev–Trinajstić information content (AvgIpc) is 2.32. The molecule has 2 aromatic rings. The highest BCUT2D eigenvalue weighted by Gasteiger charge is 2.10. The van der Waals surface area contributed by atoms with Gasteiger partial charge in [-0.1, -0.05) is 26.1 Å². The van der Waals surface area contributed by atoms with Crippen molar-refractivity contribution in [2.45, 2.75) is 26.7 Å². The van der Waals surface area contributed by atoms with E-state index in [1.165, 1.54) is 12.3 Å². The summed E-state index contributed by atoms with van der Waals surface area (Å²) in [4.78, 5) is 11.4. The predicted molar refractivity (Wildman–Crippen MR) is 71.4 cm³/mol. The summed E-state index contributed by atoms with van der Waals surface area (Å²) in [5.41, 5.74) is 2.30. The number of aromatic amines is 1. The van der Waals surface area contributed by atoms with Gasteiger partial charge in [0, 0.05) is 23.2 Å². The molecule has 1 N–H and O–H groups in total. The van der Waals surface area contributed by atoms with E-state index in [1.807, 2.05) is 20.8 Å². The molecular weight excluding hydrogens is 249 g/mol. The summed E-state index contributed by atoms with van der Waals surface area (Å²) in [5.74, 6) is 0.659. The highest BCUT2D eigenvalue weighted by molar-refractivity contribution is 7.71. The van der Waals surface area contributed by atoms with Crippen LogP contribution < -0.4 is 0 Å². The maximum Gasteiger partial charge on any atom is 0.142 e. The lowest BCUT2D eigenvalue weighted by Gasteiger charge is -2.11. The SMILES string of the molecule is Cc1c(-c2cncc(F)c2)[nH]c(C(C)C)nc1=S. The number of H-pyrrole nitrogens is 1. The van der Waals surface area contributed by atoms with Crippen LogP contribution >= 0.6 is 12.2 Å². The van der Waals surface area contributed by atoms with Gasteiger partial charge in [0.1, 0.15) is 16.3 Å². The zero-order valence-corrected chi connectivity index (χ0v) is 11.3. The van der Waals surface area contributed by atoms with E-state index >= 15 is 0 Å². The van der Waals surface area contributed by atoms with Crippen LogP contribution in [0.25, 0.3) is 11.3 Å². The second kappa shape index (κ2) is 4.94. The zero-order valence-electron chi connectivity index (χ0n) is 10.5. The molecular formula is C13H14FN3S. The van der Waals surface area contributed by atoms with Gasteiger partial charge in [-0.3, -0.25) is 4.98 Å². The van der Waals surface area contributed by atoms with Crippen molar-refractivity contribution in [2.75, 3.05) is 0 Å². The summed E-state index contributed by atoms with van der Waals surface area (Å²) in [6.07, 6.45) is 2.79. The van der Waals surface area contributed by atoms with Crippen molar-refractivity contribution in [1.82, 2.24) is 15.0 Å². The molecule has 0 atom stereocenters. The molecule has 0 amide bonds. The van der Waals surface area contributed by atoms with Gasteiger partial charge < -0.3 is 4.98 Å². The van der Waals surface area contributed by atoms with Gasteiger partial charge in [-0.05, 0) is 13.0 Å². The van der Waals surface area contributed by atoms with E-state index in [9.17, 15) is 4.39 Å². The molecule has 94 valence electrons. The molecule has 0 spiro atoms. The number of nitrogens with zero attached hydrogens (tertiary/aromatic N) is 2. The number of hydrogen-bond donors (Lipinski definition) is 1. The smallest absolute Gasteiger partial charge is 0.142 e. The van der Waals surface area contributed by atoms with Gasteiger partial charge in [-0.15, -0.1) is 0 Å². The minimum atomic E-state index is -0.367. The Morgan fingerprint density at radius 1 is 1.33 bits per heavy atom. The maximum absolute atomic E-state index is 13.2. The van der Waals surface area contributed by atoms with Crippen LogP contribution in [0.5, 0.6) is 0 Å². The lowest BCUT2D eigenvalue weighted by Crippen LogP contribution is -2.02. The monoisotopic (exact) mass is 263 g/mol. The third-order valence-corrected chi connectivity index (χ3v) is 3.11. The van der Waals surface area contributed by atoms with Gasteiger partial charge in [0.2, 0.25) is 0 Å². The third kappa shape index (κ3) is 2.46. The van der Waals surface area contributed by atoms with Crippen LogP contribution in [-0.2, 0) is 0 Å². The summed E-state index contributed by atoms with van der Waals surface area (Å²) >= 11 is 5.24. The molecule has 3 nitrogen and oxygen atoms in total. The molecule has 2 rings (SSSR count). The molecule has 2 aromatic heterocycles. The molecule has 0 aliphatic heterocycles. The number of halogens is 1. The van der Waals surface area contributed by atoms with Crippen molar-refractivity contribution in [3.63, 3.8) is 0 Å². The van der Waals surface area contributed by atoms with E-state index in [-0.39, 0.29) is 11.7 Å². The van der Waals surface area contributed by atoms with Gasteiger partial charge in [0.15, 0.2) is 0 Å². The van der Waals surface area contributed by atoms with Crippen LogP contribution in [-0.4, -0.2) is 15.0 Å². The van der Waals surface area contributed by atoms with Crippen LogP contribution in [0.1, 0.15) is 31.2 Å². The molecule has 2 heterocycles. The van der Waals surface area contributed by atoms with Gasteiger partial charge >= 0.3 is 0 Å². The summed E-state index contributed by atoms with van der Waals surface area (Å²) in [6, 6.07) is 1.44. The quantitative estimate of drug-likeness (QED) is 0.838. The Bertz CT molecular complexity index is 634. The van der Waals surface area contributed by atoms with Crippen molar-refractivity contribution in [3.05, 3.63) is 40.3 Å². The first-order valence-electron chi connectivity index (χ1n) is 5.70. The molecule has 0 fully saturated rings. The minimum Gasteiger partial charge on any atom is -0.343 e. The predicted octanol–water partition coefficient (Wildman–Crippen LogP) is 3.77. The number of hydrogen-bond acceptors (Lipinski definition) is 3. The fourth-order valence-electron chi connectivity index (χ4n) is 1.66. The molecule has 0 unspecified atom stereocenters. The summed E-state index contributed by atoms with van der Waals surface area (Å²) < 4.78 is 13.8. The second-order valence-electron chi connectivity index (χ2n) is 4.47. The second-order valence-corrected chi connectivity index (χ2v) is 4.86. The van der Waals surface area contributed by atoms with Crippen LogP contribution in [0.3, 0.4) is 0 Å². The Hall–Kier alpha value is -1.62. The Morgan fingerprint density at radius 2 is 2.06 bits per heavy atom. The number of rotatable bonds is 2. The number of aromatic nitrogens is 3. The van der Waals surface area contributed by atoms with Crippen molar-refractivity contribution in [3.8, 4) is 11.3 Å². The molecule has 0 aliphatic rings. The standard InChI is InChI=1S/C13H14FN3S/c1-7(2)12-16-11(8(3)13(18)17-12)9-4-10(14)6-15-5-9/h4-7H,1-3H3,(H,16,17,18). The number of nitrogens with one attached hydrogen (secondary N) is 1. The van der Waals surface area contributed by atoms with E-state index in [0.717, 1.165) is 17.1 Å². The van der Waals surface area contributed by atoms with E-state index in [2.05, 4.69) is 15.0 Å². The van der Waals surface area contributed by atoms with Gasteiger partial charge in [-0.25, -0.2) is 9.37 Å². The van der Waals surface area contributed by atoms with E-state index in [1.54, 1.807) is 6.20 Å². The molecule has 0 saturated heterocycles. The Kier molecular flexibility index (Phi) is 3.52. The Balaban J connectivity index is 2.67. The lowest BCUT2D eigenvalue weighted by molar-refractivity contribution is 0.622. The first-order valence-corrected chi connectivity index (χ1v) is 6.11. The van der Waals surface area contributed by atoms with E-state index < -0.39 is 0 Å². The van der Waals surface area contributed by atoms with Crippen LogP contribution in [0.15, 0.2) is 18.5 Å². The molecule has 0 radical (unpaired) electrons. The van der Waals surface area contributed by atoms with Crippen LogP contribution in [0, 0.1) is 17.4 Å². The third-order valence-electron chi connectivity index (χ3n) is 2.71. The zero-order chi connectivity index (χ0) is 13.3. The summed E-state index contributed by atoms with van der Waals surface area (Å²) in [6.45, 7) is 5.92. The van der Waals surface area contributed by atoms with Crippen molar-refractivity contribution >= 4 is 12.2 Å². The normalized spacial score (nSPS) is 10.9. The lowest BCUT2D eigenvalue weighted by atomic mass is 10.1. The largest absolute Gasteiger partial charge is 0.343 e. The van der Waals surface area contributed by atoms with E-state index in [4.69, 9.17) is 12.2 Å². The highest BCUT2D eigenvalue weighted by Crippen LogP contribution is 2.23. The first-order chi connectivity index (χ1) is 8.49. The first kappa shape index (κ1) is 12.8. The van der Waals surface area contributed by atoms with Crippen molar-refractivity contribution < 1.29 is 4.39 Å². The van der Waals surface area contributed by atoms with Crippen molar-refractivity contribution in [2.24, 2.45) is 0 Å². The van der Waals surface area contributed by atoms with Gasteiger partial charge in [0.05, 0.1) is 11.9 Å². The van der Waals surface area contributed by atoms with Crippen LogP contribution in [0.4, 0.5) is 4.39 Å². The summed E-state index contributed by atoms with van der Waals surface area (Å²) in [7, 11) is 0. The minimum absolute atomic E-state index is 0.229. The average molecular weight is 263 g/mol. The Labute approximate surface area is 110 Å². The molecule has 18 heavy (non-hydrogen) atoms. The Morgan fingerprint density at radius 3 is 2.67 bits per heavy atom. The highest BCUT2D eigenvalue weighted by atomic mass is 32.1. The van der Waals surface area contributed by atoms with Crippen LogP contribution in [0.2, 0.25) is 0 Å². The van der Waals surface area contributed by atoms with Gasteiger partial charge in [-0.2, -0.15) is 0 Å². The van der Waals surface area contributed by atoms with Gasteiger partial charge in [0.25, 0.3) is 0 Å². The number of pyridine rings is 1. The maximum atomic E-state index is 13.2. The molecule has 0 saturated carbocycles. The van der Waals surface area contributed by atoms with Crippen molar-refractivity contribution in [1.29, 1.82) is 0 Å².